The number of carbonyl (C=O) groups excluding carboxylic acids is 3. The highest BCUT2D eigenvalue weighted by atomic mass is 35.5. The van der Waals surface area contributed by atoms with Crippen LogP contribution in [0.4, 0.5) is 0 Å². The summed E-state index contributed by atoms with van der Waals surface area (Å²) in [6, 6.07) is 7.11. The van der Waals surface area contributed by atoms with E-state index in [2.05, 4.69) is 0 Å². The molecule has 0 unspecified atom stereocenters. The molecule has 0 spiro atoms. The summed E-state index contributed by atoms with van der Waals surface area (Å²) in [5.74, 6) is -1.55. The van der Waals surface area contributed by atoms with Crippen molar-refractivity contribution in [2.75, 3.05) is 6.54 Å². The van der Waals surface area contributed by atoms with Gasteiger partial charge in [0.25, 0.3) is 0 Å². The molecule has 2 fully saturated rings. The number of carbonyl (C=O) groups is 3. The molecule has 1 aliphatic carbocycles. The number of hydrogen-bond donors (Lipinski definition) is 0. The van der Waals surface area contributed by atoms with Gasteiger partial charge in [-0.15, -0.1) is 0 Å². The quantitative estimate of drug-likeness (QED) is 0.619. The molecule has 0 aromatic heterocycles. The lowest BCUT2D eigenvalue weighted by Gasteiger charge is -2.19. The summed E-state index contributed by atoms with van der Waals surface area (Å²) < 4.78 is 5.36. The summed E-state index contributed by atoms with van der Waals surface area (Å²) in [7, 11) is 0. The number of hydrogen-bond acceptors (Lipinski definition) is 4. The number of likely N-dealkylation sites (tertiary alicyclic amines) is 1. The van der Waals surface area contributed by atoms with E-state index in [0.717, 1.165) is 30.6 Å². The third-order valence-electron chi connectivity index (χ3n) is 4.87. The molecular weight excluding hydrogens is 330 g/mol. The first-order valence-electron chi connectivity index (χ1n) is 8.28. The van der Waals surface area contributed by atoms with Crippen molar-refractivity contribution in [1.82, 2.24) is 4.90 Å². The van der Waals surface area contributed by atoms with Gasteiger partial charge in [0, 0.05) is 10.6 Å². The number of fused-ring (bicyclic) bond motifs is 1. The number of benzene rings is 1. The van der Waals surface area contributed by atoms with Crippen molar-refractivity contribution in [3.05, 3.63) is 34.9 Å². The Hall–Kier alpha value is -1.88. The zero-order valence-electron chi connectivity index (χ0n) is 13.5. The Morgan fingerprint density at radius 2 is 1.79 bits per heavy atom. The molecule has 1 heterocycles. The van der Waals surface area contributed by atoms with Crippen LogP contribution >= 0.6 is 11.6 Å². The SMILES string of the molecule is C[C@H](OC(=O)CN1C(=O)[C@@H]2CCCC[C@H]2C1=O)c1ccccc1Cl. The Kier molecular flexibility index (Phi) is 4.90. The molecule has 0 radical (unpaired) electrons. The van der Waals surface area contributed by atoms with Crippen molar-refractivity contribution in [2.24, 2.45) is 11.8 Å². The number of imide groups is 1. The van der Waals surface area contributed by atoms with Gasteiger partial charge in [0.15, 0.2) is 0 Å². The Bertz CT molecular complexity index is 651. The van der Waals surface area contributed by atoms with Crippen LogP contribution in [0.2, 0.25) is 5.02 Å². The molecule has 2 amide bonds. The van der Waals surface area contributed by atoms with Gasteiger partial charge in [-0.3, -0.25) is 19.3 Å². The monoisotopic (exact) mass is 349 g/mol. The molecule has 1 aliphatic heterocycles. The molecule has 1 aromatic rings. The third kappa shape index (κ3) is 3.18. The average Bonchev–Trinajstić information content (AvgIpc) is 2.80. The van der Waals surface area contributed by atoms with Gasteiger partial charge in [-0.1, -0.05) is 42.6 Å². The lowest BCUT2D eigenvalue weighted by atomic mass is 9.81. The van der Waals surface area contributed by atoms with E-state index in [1.165, 1.54) is 0 Å². The Morgan fingerprint density at radius 3 is 2.38 bits per heavy atom. The van der Waals surface area contributed by atoms with Gasteiger partial charge < -0.3 is 4.74 Å². The summed E-state index contributed by atoms with van der Waals surface area (Å²) in [6.07, 6.45) is 2.85. The second-order valence-corrected chi connectivity index (χ2v) is 6.82. The maximum absolute atomic E-state index is 12.4. The predicted octanol–water partition coefficient (Wildman–Crippen LogP) is 3.12. The van der Waals surface area contributed by atoms with Gasteiger partial charge in [0.05, 0.1) is 11.8 Å². The fourth-order valence-corrected chi connectivity index (χ4v) is 3.91. The van der Waals surface area contributed by atoms with Gasteiger partial charge >= 0.3 is 5.97 Å². The van der Waals surface area contributed by atoms with Crippen LogP contribution < -0.4 is 0 Å². The Morgan fingerprint density at radius 1 is 1.21 bits per heavy atom. The maximum atomic E-state index is 12.4. The third-order valence-corrected chi connectivity index (χ3v) is 5.22. The minimum atomic E-state index is -0.595. The molecular formula is C18H20ClNO4. The van der Waals surface area contributed by atoms with E-state index in [4.69, 9.17) is 16.3 Å². The van der Waals surface area contributed by atoms with Gasteiger partial charge in [-0.2, -0.15) is 0 Å². The second-order valence-electron chi connectivity index (χ2n) is 6.41. The van der Waals surface area contributed by atoms with Gasteiger partial charge in [-0.25, -0.2) is 0 Å². The summed E-state index contributed by atoms with van der Waals surface area (Å²) in [6.45, 7) is 1.39. The number of nitrogens with zero attached hydrogens (tertiary/aromatic N) is 1. The first-order chi connectivity index (χ1) is 11.5. The molecule has 2 aliphatic rings. The summed E-state index contributed by atoms with van der Waals surface area (Å²) >= 11 is 6.09. The van der Waals surface area contributed by atoms with E-state index in [1.807, 2.05) is 6.07 Å². The van der Waals surface area contributed by atoms with Crippen molar-refractivity contribution >= 4 is 29.4 Å². The zero-order valence-corrected chi connectivity index (χ0v) is 14.3. The van der Waals surface area contributed by atoms with Crippen molar-refractivity contribution in [1.29, 1.82) is 0 Å². The van der Waals surface area contributed by atoms with Crippen molar-refractivity contribution in [3.8, 4) is 0 Å². The first kappa shape index (κ1) is 17.0. The highest BCUT2D eigenvalue weighted by Crippen LogP contribution is 2.38. The van der Waals surface area contributed by atoms with Gasteiger partial charge in [0.2, 0.25) is 11.8 Å². The minimum Gasteiger partial charge on any atom is -0.456 e. The highest BCUT2D eigenvalue weighted by Gasteiger charge is 2.48. The van der Waals surface area contributed by atoms with Crippen LogP contribution in [0.25, 0.3) is 0 Å². The molecule has 3 atom stereocenters. The van der Waals surface area contributed by atoms with E-state index in [9.17, 15) is 14.4 Å². The molecule has 1 saturated carbocycles. The maximum Gasteiger partial charge on any atom is 0.326 e. The van der Waals surface area contributed by atoms with E-state index in [-0.39, 0.29) is 30.2 Å². The molecule has 3 rings (SSSR count). The first-order valence-corrected chi connectivity index (χ1v) is 8.66. The standard InChI is InChI=1S/C18H20ClNO4/c1-11(12-6-4-5-9-15(12)19)24-16(21)10-20-17(22)13-7-2-3-8-14(13)18(20)23/h4-6,9,11,13-14H,2-3,7-8,10H2,1H3/t11-,13+,14+/m0/s1. The predicted molar refractivity (Wildman–Crippen MR) is 88.1 cm³/mol. The van der Waals surface area contributed by atoms with Crippen molar-refractivity contribution in [2.45, 2.75) is 38.7 Å². The molecule has 24 heavy (non-hydrogen) atoms. The van der Waals surface area contributed by atoms with Crippen LogP contribution in [0.3, 0.4) is 0 Å². The number of amides is 2. The zero-order chi connectivity index (χ0) is 17.3. The largest absolute Gasteiger partial charge is 0.456 e. The van der Waals surface area contributed by atoms with Crippen molar-refractivity contribution in [3.63, 3.8) is 0 Å². The summed E-state index contributed by atoms with van der Waals surface area (Å²) in [5.41, 5.74) is 0.695. The van der Waals surface area contributed by atoms with E-state index < -0.39 is 12.1 Å². The average molecular weight is 350 g/mol. The fraction of sp³-hybridized carbons (Fsp3) is 0.500. The normalized spacial score (nSPS) is 24.7. The molecule has 0 N–H and O–H groups in total. The molecule has 1 saturated heterocycles. The fourth-order valence-electron chi connectivity index (χ4n) is 3.62. The molecule has 1 aromatic carbocycles. The topological polar surface area (TPSA) is 63.7 Å². The second kappa shape index (κ2) is 6.93. The minimum absolute atomic E-state index is 0.230. The molecule has 5 nitrogen and oxygen atoms in total. The number of esters is 1. The van der Waals surface area contributed by atoms with Crippen LogP contribution in [-0.2, 0) is 19.1 Å². The molecule has 6 heteroatoms. The van der Waals surface area contributed by atoms with Crippen LogP contribution in [0, 0.1) is 11.8 Å². The van der Waals surface area contributed by atoms with E-state index >= 15 is 0 Å². The van der Waals surface area contributed by atoms with Crippen LogP contribution in [0.5, 0.6) is 0 Å². The summed E-state index contributed by atoms with van der Waals surface area (Å²) in [5, 5.41) is 0.511. The number of halogens is 1. The lowest BCUT2D eigenvalue weighted by molar-refractivity contribution is -0.156. The van der Waals surface area contributed by atoms with E-state index in [1.54, 1.807) is 25.1 Å². The Labute approximate surface area is 145 Å². The van der Waals surface area contributed by atoms with Crippen LogP contribution in [-0.4, -0.2) is 29.2 Å². The molecule has 128 valence electrons. The van der Waals surface area contributed by atoms with Gasteiger partial charge in [-0.05, 0) is 25.8 Å². The van der Waals surface area contributed by atoms with E-state index in [0.29, 0.717) is 10.6 Å². The van der Waals surface area contributed by atoms with Crippen molar-refractivity contribution < 1.29 is 19.1 Å². The molecule has 0 bridgehead atoms. The lowest BCUT2D eigenvalue weighted by Crippen LogP contribution is -2.37. The Balaban J connectivity index is 1.63. The smallest absolute Gasteiger partial charge is 0.326 e. The summed E-state index contributed by atoms with van der Waals surface area (Å²) in [4.78, 5) is 38.0. The van der Waals surface area contributed by atoms with Gasteiger partial charge in [0.1, 0.15) is 12.6 Å². The highest BCUT2D eigenvalue weighted by molar-refractivity contribution is 6.31. The van der Waals surface area contributed by atoms with Crippen LogP contribution in [0.1, 0.15) is 44.3 Å². The van der Waals surface area contributed by atoms with Crippen LogP contribution in [0.15, 0.2) is 24.3 Å². The number of rotatable bonds is 4. The number of ether oxygens (including phenoxy) is 1.